The predicted molar refractivity (Wildman–Crippen MR) is 73.9 cm³/mol. The molecule has 1 amide bonds. The van der Waals surface area contributed by atoms with Crippen molar-refractivity contribution in [3.05, 3.63) is 34.9 Å². The number of aliphatic hydroxyl groups is 1. The number of carbonyl (C=O) groups is 1. The Morgan fingerprint density at radius 1 is 1.39 bits per heavy atom. The minimum absolute atomic E-state index is 0.172. The van der Waals surface area contributed by atoms with E-state index in [1.807, 2.05) is 20.8 Å². The maximum atomic E-state index is 11.8. The molecule has 0 saturated heterocycles. The van der Waals surface area contributed by atoms with Crippen molar-refractivity contribution < 1.29 is 9.90 Å². The van der Waals surface area contributed by atoms with E-state index < -0.39 is 6.10 Å². The van der Waals surface area contributed by atoms with E-state index in [-0.39, 0.29) is 11.3 Å². The van der Waals surface area contributed by atoms with Crippen molar-refractivity contribution in [1.29, 1.82) is 0 Å². The van der Waals surface area contributed by atoms with E-state index in [1.165, 1.54) is 0 Å². The number of rotatable bonds is 4. The van der Waals surface area contributed by atoms with E-state index in [0.717, 1.165) is 0 Å². The summed E-state index contributed by atoms with van der Waals surface area (Å²) in [7, 11) is 0. The number of aliphatic hydroxyl groups excluding tert-OH is 1. The molecular formula is C14H20ClNO2. The van der Waals surface area contributed by atoms with Crippen molar-refractivity contribution in [1.82, 2.24) is 5.32 Å². The lowest BCUT2D eigenvalue weighted by molar-refractivity contribution is 0.0551. The van der Waals surface area contributed by atoms with Crippen molar-refractivity contribution in [2.75, 3.05) is 6.54 Å². The second-order valence-corrected chi connectivity index (χ2v) is 5.81. The molecule has 0 spiro atoms. The molecule has 0 bridgehead atoms. The highest BCUT2D eigenvalue weighted by atomic mass is 35.5. The van der Waals surface area contributed by atoms with Crippen molar-refractivity contribution in [2.24, 2.45) is 5.41 Å². The van der Waals surface area contributed by atoms with Crippen LogP contribution in [0.25, 0.3) is 0 Å². The molecular weight excluding hydrogens is 250 g/mol. The highest BCUT2D eigenvalue weighted by molar-refractivity contribution is 6.33. The molecule has 2 N–H and O–H groups in total. The maximum absolute atomic E-state index is 11.8. The Hall–Kier alpha value is -1.06. The summed E-state index contributed by atoms with van der Waals surface area (Å²) < 4.78 is 0. The summed E-state index contributed by atoms with van der Waals surface area (Å²) >= 11 is 5.92. The second-order valence-electron chi connectivity index (χ2n) is 5.41. The zero-order valence-corrected chi connectivity index (χ0v) is 11.8. The minimum atomic E-state index is -0.441. The van der Waals surface area contributed by atoms with Crippen LogP contribution >= 0.6 is 11.6 Å². The van der Waals surface area contributed by atoms with E-state index in [2.05, 4.69) is 5.32 Å². The summed E-state index contributed by atoms with van der Waals surface area (Å²) in [4.78, 5) is 11.8. The molecule has 1 aromatic rings. The summed E-state index contributed by atoms with van der Waals surface area (Å²) in [5.74, 6) is -0.207. The Kier molecular flexibility index (Phi) is 5.17. The lowest BCUT2D eigenvalue weighted by atomic mass is 9.87. The molecule has 1 aromatic carbocycles. The molecule has 0 fully saturated rings. The SMILES string of the molecule is CC(C)(C)C(O)CCNC(=O)c1ccccc1Cl. The van der Waals surface area contributed by atoms with Crippen LogP contribution in [0.2, 0.25) is 5.02 Å². The average Bonchev–Trinajstić information content (AvgIpc) is 2.28. The summed E-state index contributed by atoms with van der Waals surface area (Å²) in [5, 5.41) is 13.0. The Balaban J connectivity index is 2.46. The molecule has 0 saturated carbocycles. The van der Waals surface area contributed by atoms with Crippen LogP contribution in [0.1, 0.15) is 37.6 Å². The van der Waals surface area contributed by atoms with Crippen LogP contribution in [0.15, 0.2) is 24.3 Å². The first-order valence-corrected chi connectivity index (χ1v) is 6.41. The molecule has 0 aromatic heterocycles. The zero-order valence-electron chi connectivity index (χ0n) is 11.0. The monoisotopic (exact) mass is 269 g/mol. The van der Waals surface area contributed by atoms with Crippen molar-refractivity contribution in [3.8, 4) is 0 Å². The topological polar surface area (TPSA) is 49.3 Å². The third-order valence-electron chi connectivity index (χ3n) is 2.82. The fourth-order valence-corrected chi connectivity index (χ4v) is 1.72. The molecule has 4 heteroatoms. The van der Waals surface area contributed by atoms with E-state index in [4.69, 9.17) is 11.6 Å². The van der Waals surface area contributed by atoms with Gasteiger partial charge in [0.1, 0.15) is 0 Å². The zero-order chi connectivity index (χ0) is 13.8. The molecule has 0 aliphatic carbocycles. The third kappa shape index (κ3) is 4.31. The molecule has 1 atom stereocenters. The number of carbonyl (C=O) groups excluding carboxylic acids is 1. The molecule has 1 unspecified atom stereocenters. The van der Waals surface area contributed by atoms with Gasteiger partial charge in [0.2, 0.25) is 0 Å². The first-order chi connectivity index (χ1) is 8.32. The van der Waals surface area contributed by atoms with Gasteiger partial charge in [0.15, 0.2) is 0 Å². The standard InChI is InChI=1S/C14H20ClNO2/c1-14(2,3)12(17)8-9-16-13(18)10-6-4-5-7-11(10)15/h4-7,12,17H,8-9H2,1-3H3,(H,16,18). The Morgan fingerprint density at radius 2 is 2.00 bits per heavy atom. The van der Waals surface area contributed by atoms with Gasteiger partial charge >= 0.3 is 0 Å². The lowest BCUT2D eigenvalue weighted by Gasteiger charge is -2.25. The molecule has 0 heterocycles. The second kappa shape index (κ2) is 6.21. The fraction of sp³-hybridized carbons (Fsp3) is 0.500. The lowest BCUT2D eigenvalue weighted by Crippen LogP contribution is -2.32. The largest absolute Gasteiger partial charge is 0.393 e. The van der Waals surface area contributed by atoms with Gasteiger partial charge in [-0.1, -0.05) is 44.5 Å². The number of benzene rings is 1. The van der Waals surface area contributed by atoms with Crippen LogP contribution in [0.3, 0.4) is 0 Å². The number of nitrogens with one attached hydrogen (secondary N) is 1. The number of amides is 1. The smallest absolute Gasteiger partial charge is 0.252 e. The first-order valence-electron chi connectivity index (χ1n) is 6.03. The molecule has 0 aliphatic heterocycles. The molecule has 1 rings (SSSR count). The number of hydrogen-bond donors (Lipinski definition) is 2. The average molecular weight is 270 g/mol. The normalized spacial score (nSPS) is 13.2. The number of halogens is 1. The quantitative estimate of drug-likeness (QED) is 0.883. The summed E-state index contributed by atoms with van der Waals surface area (Å²) in [6.07, 6.45) is 0.0868. The van der Waals surface area contributed by atoms with E-state index >= 15 is 0 Å². The Bertz CT molecular complexity index is 413. The highest BCUT2D eigenvalue weighted by Gasteiger charge is 2.21. The van der Waals surface area contributed by atoms with Gasteiger partial charge in [-0.25, -0.2) is 0 Å². The van der Waals surface area contributed by atoms with Crippen LogP contribution < -0.4 is 5.32 Å². The molecule has 18 heavy (non-hydrogen) atoms. The fourth-order valence-electron chi connectivity index (χ4n) is 1.50. The number of hydrogen-bond acceptors (Lipinski definition) is 2. The van der Waals surface area contributed by atoms with Gasteiger partial charge < -0.3 is 10.4 Å². The van der Waals surface area contributed by atoms with Gasteiger partial charge in [-0.05, 0) is 24.0 Å². The molecule has 100 valence electrons. The van der Waals surface area contributed by atoms with Gasteiger partial charge in [-0.2, -0.15) is 0 Å². The summed E-state index contributed by atoms with van der Waals surface area (Å²) in [6.45, 7) is 6.33. The van der Waals surface area contributed by atoms with Gasteiger partial charge in [-0.3, -0.25) is 4.79 Å². The van der Waals surface area contributed by atoms with Crippen molar-refractivity contribution in [2.45, 2.75) is 33.3 Å². The maximum Gasteiger partial charge on any atom is 0.252 e. The molecule has 0 radical (unpaired) electrons. The Morgan fingerprint density at radius 3 is 2.56 bits per heavy atom. The third-order valence-corrected chi connectivity index (χ3v) is 3.15. The highest BCUT2D eigenvalue weighted by Crippen LogP contribution is 2.21. The first kappa shape index (κ1) is 15.0. The van der Waals surface area contributed by atoms with Gasteiger partial charge in [0.05, 0.1) is 16.7 Å². The van der Waals surface area contributed by atoms with Crippen LogP contribution in [0, 0.1) is 5.41 Å². The molecule has 3 nitrogen and oxygen atoms in total. The van der Waals surface area contributed by atoms with E-state index in [0.29, 0.717) is 23.6 Å². The van der Waals surface area contributed by atoms with Crippen LogP contribution in [0.5, 0.6) is 0 Å². The predicted octanol–water partition coefficient (Wildman–Crippen LogP) is 2.87. The van der Waals surface area contributed by atoms with Crippen molar-refractivity contribution in [3.63, 3.8) is 0 Å². The summed E-state index contributed by atoms with van der Waals surface area (Å²) in [5.41, 5.74) is 0.291. The summed E-state index contributed by atoms with van der Waals surface area (Å²) in [6, 6.07) is 6.91. The van der Waals surface area contributed by atoms with Crippen LogP contribution in [-0.4, -0.2) is 23.7 Å². The van der Waals surface area contributed by atoms with Gasteiger partial charge in [0, 0.05) is 6.54 Å². The van der Waals surface area contributed by atoms with E-state index in [9.17, 15) is 9.90 Å². The molecule has 0 aliphatic rings. The van der Waals surface area contributed by atoms with Crippen LogP contribution in [0.4, 0.5) is 0 Å². The minimum Gasteiger partial charge on any atom is -0.393 e. The van der Waals surface area contributed by atoms with Crippen molar-refractivity contribution >= 4 is 17.5 Å². The van der Waals surface area contributed by atoms with Crippen LogP contribution in [-0.2, 0) is 0 Å². The van der Waals surface area contributed by atoms with E-state index in [1.54, 1.807) is 24.3 Å². The van der Waals surface area contributed by atoms with Gasteiger partial charge in [0.25, 0.3) is 5.91 Å². The Labute approximate surface area is 113 Å². The van der Waals surface area contributed by atoms with Gasteiger partial charge in [-0.15, -0.1) is 0 Å².